The highest BCUT2D eigenvalue weighted by Gasteiger charge is 2.27. The molecule has 9 nitrogen and oxygen atoms in total. The first-order chi connectivity index (χ1) is 14.6. The molecule has 1 aliphatic heterocycles. The van der Waals surface area contributed by atoms with Crippen molar-refractivity contribution in [2.45, 2.75) is 19.3 Å². The molecule has 0 radical (unpaired) electrons. The van der Waals surface area contributed by atoms with E-state index in [-0.39, 0.29) is 17.7 Å². The fourth-order valence-corrected chi connectivity index (χ4v) is 3.51. The van der Waals surface area contributed by atoms with E-state index >= 15 is 0 Å². The third-order valence-electron chi connectivity index (χ3n) is 5.10. The molecule has 0 spiro atoms. The largest absolute Gasteiger partial charge is 0.342 e. The van der Waals surface area contributed by atoms with E-state index in [1.54, 1.807) is 16.8 Å². The van der Waals surface area contributed by atoms with Gasteiger partial charge >= 0.3 is 0 Å². The van der Waals surface area contributed by atoms with Crippen LogP contribution in [0.4, 0.5) is 5.82 Å². The Balaban J connectivity index is 1.26. The van der Waals surface area contributed by atoms with Crippen LogP contribution in [0.25, 0.3) is 5.69 Å². The van der Waals surface area contributed by atoms with E-state index in [1.807, 2.05) is 29.2 Å². The number of carbonyl (C=O) groups is 2. The van der Waals surface area contributed by atoms with E-state index in [1.165, 1.54) is 12.5 Å². The topological polar surface area (TPSA) is 106 Å². The van der Waals surface area contributed by atoms with Crippen LogP contribution in [0.5, 0.6) is 0 Å². The second-order valence-corrected chi connectivity index (χ2v) is 7.54. The fraction of sp³-hybridized carbons (Fsp3) is 0.300. The molecule has 0 unspecified atom stereocenters. The highest BCUT2D eigenvalue weighted by molar-refractivity contribution is 6.30. The van der Waals surface area contributed by atoms with Gasteiger partial charge in [-0.1, -0.05) is 23.7 Å². The van der Waals surface area contributed by atoms with Gasteiger partial charge < -0.3 is 10.2 Å². The van der Waals surface area contributed by atoms with Gasteiger partial charge in [0.2, 0.25) is 11.8 Å². The summed E-state index contributed by atoms with van der Waals surface area (Å²) in [6.07, 6.45) is 4.59. The predicted molar refractivity (Wildman–Crippen MR) is 110 cm³/mol. The van der Waals surface area contributed by atoms with Gasteiger partial charge in [0.25, 0.3) is 0 Å². The number of hydrogen-bond acceptors (Lipinski definition) is 6. The van der Waals surface area contributed by atoms with Crippen LogP contribution in [0.2, 0.25) is 5.02 Å². The van der Waals surface area contributed by atoms with Gasteiger partial charge in [-0.2, -0.15) is 0 Å². The minimum atomic E-state index is -0.137. The van der Waals surface area contributed by atoms with Crippen LogP contribution in [-0.2, 0) is 16.0 Å². The summed E-state index contributed by atoms with van der Waals surface area (Å²) in [5, 5.41) is 14.4. The Hall–Kier alpha value is -3.33. The van der Waals surface area contributed by atoms with Gasteiger partial charge in [-0.05, 0) is 53.1 Å². The van der Waals surface area contributed by atoms with Gasteiger partial charge in [0.15, 0.2) is 0 Å². The summed E-state index contributed by atoms with van der Waals surface area (Å²) in [5.41, 5.74) is 1.75. The van der Waals surface area contributed by atoms with Crippen molar-refractivity contribution in [2.24, 2.45) is 5.92 Å². The van der Waals surface area contributed by atoms with Crippen LogP contribution >= 0.6 is 11.6 Å². The third kappa shape index (κ3) is 4.80. The Morgan fingerprint density at radius 2 is 1.87 bits per heavy atom. The molecular weight excluding hydrogens is 406 g/mol. The molecule has 1 aliphatic rings. The maximum atomic E-state index is 12.6. The number of halogens is 1. The molecule has 2 amide bonds. The van der Waals surface area contributed by atoms with Crippen LogP contribution in [0, 0.1) is 5.92 Å². The summed E-state index contributed by atoms with van der Waals surface area (Å²) in [4.78, 5) is 31.0. The standard InChI is InChI=1S/C20H20ClN7O2/c21-16-3-6-18(22-12-16)24-20(30)15-7-9-27(10-8-15)19(29)11-14-1-4-17(5-2-14)28-13-23-25-26-28/h1-6,12-13,15H,7-11H2,(H,22,24,30). The van der Waals surface area contributed by atoms with Crippen molar-refractivity contribution in [3.8, 4) is 5.69 Å². The van der Waals surface area contributed by atoms with Gasteiger partial charge in [-0.3, -0.25) is 9.59 Å². The van der Waals surface area contributed by atoms with Gasteiger partial charge in [0.05, 0.1) is 17.1 Å². The zero-order valence-electron chi connectivity index (χ0n) is 16.1. The summed E-state index contributed by atoms with van der Waals surface area (Å²) < 4.78 is 1.56. The number of pyridine rings is 1. The molecule has 3 heterocycles. The number of amides is 2. The molecule has 0 saturated carbocycles. The molecule has 10 heteroatoms. The Labute approximate surface area is 178 Å². The molecule has 0 atom stereocenters. The first kappa shape index (κ1) is 20.0. The number of carbonyl (C=O) groups excluding carboxylic acids is 2. The van der Waals surface area contributed by atoms with Gasteiger partial charge in [-0.15, -0.1) is 5.10 Å². The lowest BCUT2D eigenvalue weighted by atomic mass is 9.95. The van der Waals surface area contributed by atoms with Gasteiger partial charge in [0, 0.05) is 25.2 Å². The Kier molecular flexibility index (Phi) is 5.99. The van der Waals surface area contributed by atoms with Crippen LogP contribution < -0.4 is 5.32 Å². The van der Waals surface area contributed by atoms with E-state index in [2.05, 4.69) is 25.8 Å². The van der Waals surface area contributed by atoms with Crippen LogP contribution in [0.3, 0.4) is 0 Å². The Morgan fingerprint density at radius 1 is 1.10 bits per heavy atom. The smallest absolute Gasteiger partial charge is 0.228 e. The lowest BCUT2D eigenvalue weighted by Gasteiger charge is -2.31. The zero-order valence-corrected chi connectivity index (χ0v) is 16.9. The monoisotopic (exact) mass is 425 g/mol. The van der Waals surface area contributed by atoms with E-state index in [0.717, 1.165) is 11.3 Å². The highest BCUT2D eigenvalue weighted by atomic mass is 35.5. The number of piperidine rings is 1. The Bertz CT molecular complexity index is 999. The van der Waals surface area contributed by atoms with Crippen molar-refractivity contribution in [1.82, 2.24) is 30.1 Å². The predicted octanol–water partition coefficient (Wildman–Crippen LogP) is 2.13. The number of benzene rings is 1. The molecule has 4 rings (SSSR count). The third-order valence-corrected chi connectivity index (χ3v) is 5.33. The number of nitrogens with one attached hydrogen (secondary N) is 1. The van der Waals surface area contributed by atoms with Gasteiger partial charge in [0.1, 0.15) is 12.1 Å². The molecule has 1 N–H and O–H groups in total. The molecule has 1 fully saturated rings. The quantitative estimate of drug-likeness (QED) is 0.671. The minimum absolute atomic E-state index is 0.0587. The summed E-state index contributed by atoms with van der Waals surface area (Å²) in [7, 11) is 0. The van der Waals surface area contributed by atoms with E-state index in [0.29, 0.717) is 43.2 Å². The number of aromatic nitrogens is 5. The lowest BCUT2D eigenvalue weighted by Crippen LogP contribution is -2.42. The average Bonchev–Trinajstić information content (AvgIpc) is 3.31. The summed E-state index contributed by atoms with van der Waals surface area (Å²) in [6, 6.07) is 10.9. The van der Waals surface area contributed by atoms with Crippen molar-refractivity contribution in [2.75, 3.05) is 18.4 Å². The van der Waals surface area contributed by atoms with E-state index < -0.39 is 0 Å². The second kappa shape index (κ2) is 9.00. The molecule has 1 saturated heterocycles. The molecule has 154 valence electrons. The van der Waals surface area contributed by atoms with Crippen molar-refractivity contribution in [3.63, 3.8) is 0 Å². The van der Waals surface area contributed by atoms with Gasteiger partial charge in [-0.25, -0.2) is 9.67 Å². The fourth-order valence-electron chi connectivity index (χ4n) is 3.40. The average molecular weight is 426 g/mol. The number of anilines is 1. The number of nitrogens with zero attached hydrogens (tertiary/aromatic N) is 6. The first-order valence-corrected chi connectivity index (χ1v) is 9.99. The minimum Gasteiger partial charge on any atom is -0.342 e. The van der Waals surface area contributed by atoms with E-state index in [4.69, 9.17) is 11.6 Å². The number of hydrogen-bond donors (Lipinski definition) is 1. The normalized spacial score (nSPS) is 14.5. The zero-order chi connectivity index (χ0) is 20.9. The van der Waals surface area contributed by atoms with Crippen LogP contribution in [-0.4, -0.2) is 55.0 Å². The van der Waals surface area contributed by atoms with Crippen LogP contribution in [0.15, 0.2) is 48.9 Å². The number of rotatable bonds is 5. The molecule has 30 heavy (non-hydrogen) atoms. The summed E-state index contributed by atoms with van der Waals surface area (Å²) >= 11 is 5.81. The molecule has 0 aliphatic carbocycles. The van der Waals surface area contributed by atoms with Crippen molar-refractivity contribution in [3.05, 3.63) is 59.5 Å². The van der Waals surface area contributed by atoms with Crippen LogP contribution in [0.1, 0.15) is 18.4 Å². The maximum Gasteiger partial charge on any atom is 0.228 e. The van der Waals surface area contributed by atoms with Crippen molar-refractivity contribution in [1.29, 1.82) is 0 Å². The van der Waals surface area contributed by atoms with Crippen molar-refractivity contribution >= 4 is 29.2 Å². The molecule has 0 bridgehead atoms. The molecule has 3 aromatic rings. The molecular formula is C20H20ClN7O2. The lowest BCUT2D eigenvalue weighted by molar-refractivity contribution is -0.133. The molecule has 2 aromatic heterocycles. The first-order valence-electron chi connectivity index (χ1n) is 9.61. The number of likely N-dealkylation sites (tertiary alicyclic amines) is 1. The molecule has 1 aromatic carbocycles. The SMILES string of the molecule is O=C(Nc1ccc(Cl)cn1)C1CCN(C(=O)Cc2ccc(-n3cnnn3)cc2)CC1. The summed E-state index contributed by atoms with van der Waals surface area (Å²) in [5.74, 6) is 0.327. The number of tetrazole rings is 1. The Morgan fingerprint density at radius 3 is 2.50 bits per heavy atom. The maximum absolute atomic E-state index is 12.6. The summed E-state index contributed by atoms with van der Waals surface area (Å²) in [6.45, 7) is 1.13. The van der Waals surface area contributed by atoms with Crippen molar-refractivity contribution < 1.29 is 9.59 Å². The second-order valence-electron chi connectivity index (χ2n) is 7.10. The highest BCUT2D eigenvalue weighted by Crippen LogP contribution is 2.20. The van der Waals surface area contributed by atoms with E-state index in [9.17, 15) is 9.59 Å².